The minimum atomic E-state index is -0.885. The molecule has 1 unspecified atom stereocenters. The number of carbonyl (C=O) groups excluding carboxylic acids is 1. The Bertz CT molecular complexity index is 850. The number of aliphatic carboxylic acids is 1. The molecule has 0 radical (unpaired) electrons. The number of benzene rings is 1. The van der Waals surface area contributed by atoms with Crippen molar-refractivity contribution in [1.29, 1.82) is 0 Å². The SMILES string of the molecule is CC(C)CC(CNC(=O)CCSCc1nc2ccccc2c(=O)[nH]1)C(=O)O. The van der Waals surface area contributed by atoms with Crippen molar-refractivity contribution in [2.24, 2.45) is 11.8 Å². The first kappa shape index (κ1) is 21.0. The fourth-order valence-corrected chi connectivity index (χ4v) is 3.51. The zero-order valence-electron chi connectivity index (χ0n) is 15.5. The van der Waals surface area contributed by atoms with Crippen LogP contribution < -0.4 is 10.9 Å². The molecule has 0 aliphatic heterocycles. The number of aromatic nitrogens is 2. The van der Waals surface area contributed by atoms with E-state index in [1.165, 1.54) is 11.8 Å². The van der Waals surface area contributed by atoms with E-state index >= 15 is 0 Å². The molecule has 3 N–H and O–H groups in total. The average Bonchev–Trinajstić information content (AvgIpc) is 2.62. The van der Waals surface area contributed by atoms with Crippen LogP contribution in [0.4, 0.5) is 0 Å². The van der Waals surface area contributed by atoms with E-state index in [-0.39, 0.29) is 30.3 Å². The van der Waals surface area contributed by atoms with Gasteiger partial charge in [0.1, 0.15) is 5.82 Å². The molecule has 0 aliphatic carbocycles. The lowest BCUT2D eigenvalue weighted by molar-refractivity contribution is -0.142. The van der Waals surface area contributed by atoms with Crippen LogP contribution >= 0.6 is 11.8 Å². The van der Waals surface area contributed by atoms with E-state index in [9.17, 15) is 19.5 Å². The first-order valence-electron chi connectivity index (χ1n) is 8.92. The molecule has 0 aliphatic rings. The smallest absolute Gasteiger partial charge is 0.308 e. The molecule has 1 aromatic carbocycles. The van der Waals surface area contributed by atoms with Crippen LogP contribution in [0.5, 0.6) is 0 Å². The number of para-hydroxylation sites is 1. The summed E-state index contributed by atoms with van der Waals surface area (Å²) in [6.45, 7) is 4.07. The van der Waals surface area contributed by atoms with Gasteiger partial charge in [0.05, 0.1) is 22.6 Å². The summed E-state index contributed by atoms with van der Waals surface area (Å²) in [5, 5.41) is 12.4. The quantitative estimate of drug-likeness (QED) is 0.536. The maximum atomic E-state index is 12.0. The van der Waals surface area contributed by atoms with Gasteiger partial charge < -0.3 is 15.4 Å². The van der Waals surface area contributed by atoms with Gasteiger partial charge in [0.25, 0.3) is 5.56 Å². The molecule has 8 heteroatoms. The van der Waals surface area contributed by atoms with Crippen LogP contribution in [-0.4, -0.2) is 39.2 Å². The van der Waals surface area contributed by atoms with Gasteiger partial charge in [-0.1, -0.05) is 26.0 Å². The number of hydrogen-bond donors (Lipinski definition) is 3. The summed E-state index contributed by atoms with van der Waals surface area (Å²) in [5.41, 5.74) is 0.485. The normalized spacial score (nSPS) is 12.3. The van der Waals surface area contributed by atoms with E-state index in [0.717, 1.165) is 0 Å². The van der Waals surface area contributed by atoms with Crippen LogP contribution in [0, 0.1) is 11.8 Å². The standard InChI is InChI=1S/C19H25N3O4S/c1-12(2)9-13(19(25)26)10-20-17(23)7-8-27-11-16-21-15-6-4-3-5-14(15)18(24)22-16/h3-6,12-13H,7-11H2,1-2H3,(H,20,23)(H,25,26)(H,21,22,24). The predicted molar refractivity (Wildman–Crippen MR) is 107 cm³/mol. The molecule has 1 atom stereocenters. The molecule has 1 amide bonds. The Balaban J connectivity index is 1.75. The second kappa shape index (κ2) is 10.1. The van der Waals surface area contributed by atoms with E-state index < -0.39 is 11.9 Å². The predicted octanol–water partition coefficient (Wildman–Crippen LogP) is 2.41. The van der Waals surface area contributed by atoms with Crippen molar-refractivity contribution < 1.29 is 14.7 Å². The number of fused-ring (bicyclic) bond motifs is 1. The lowest BCUT2D eigenvalue weighted by atomic mass is 9.97. The van der Waals surface area contributed by atoms with E-state index in [0.29, 0.717) is 34.7 Å². The molecule has 0 saturated carbocycles. The Hall–Kier alpha value is -2.35. The Morgan fingerprint density at radius 2 is 2.04 bits per heavy atom. The molecule has 27 heavy (non-hydrogen) atoms. The molecule has 2 aromatic rings. The Morgan fingerprint density at radius 1 is 1.30 bits per heavy atom. The molecule has 2 rings (SSSR count). The number of H-pyrrole nitrogens is 1. The Kier molecular flexibility index (Phi) is 7.84. The second-order valence-corrected chi connectivity index (χ2v) is 7.91. The van der Waals surface area contributed by atoms with E-state index in [1.54, 1.807) is 18.2 Å². The van der Waals surface area contributed by atoms with E-state index in [4.69, 9.17) is 0 Å². The van der Waals surface area contributed by atoms with Crippen molar-refractivity contribution in [3.63, 3.8) is 0 Å². The first-order chi connectivity index (χ1) is 12.9. The molecule has 1 heterocycles. The van der Waals surface area contributed by atoms with Gasteiger partial charge in [0.2, 0.25) is 5.91 Å². The molecule has 146 valence electrons. The number of nitrogens with one attached hydrogen (secondary N) is 2. The highest BCUT2D eigenvalue weighted by Gasteiger charge is 2.19. The third-order valence-corrected chi connectivity index (χ3v) is 5.00. The number of rotatable bonds is 10. The van der Waals surface area contributed by atoms with Crippen LogP contribution in [0.2, 0.25) is 0 Å². The van der Waals surface area contributed by atoms with Gasteiger partial charge in [-0.15, -0.1) is 0 Å². The molecule has 7 nitrogen and oxygen atoms in total. The maximum absolute atomic E-state index is 12.0. The Labute approximate surface area is 162 Å². The molecule has 0 saturated heterocycles. The van der Waals surface area contributed by atoms with Crippen molar-refractivity contribution in [1.82, 2.24) is 15.3 Å². The number of thioether (sulfide) groups is 1. The second-order valence-electron chi connectivity index (χ2n) is 6.80. The van der Waals surface area contributed by atoms with Gasteiger partial charge in [0, 0.05) is 18.7 Å². The topological polar surface area (TPSA) is 112 Å². The number of carboxylic acids is 1. The summed E-state index contributed by atoms with van der Waals surface area (Å²) in [6.07, 6.45) is 0.821. The minimum absolute atomic E-state index is 0.149. The van der Waals surface area contributed by atoms with Gasteiger partial charge in [-0.05, 0) is 24.5 Å². The molecular formula is C19H25N3O4S. The van der Waals surface area contributed by atoms with Gasteiger partial charge in [-0.2, -0.15) is 11.8 Å². The summed E-state index contributed by atoms with van der Waals surface area (Å²) < 4.78 is 0. The number of aromatic amines is 1. The molecular weight excluding hydrogens is 366 g/mol. The first-order valence-corrected chi connectivity index (χ1v) is 10.1. The summed E-state index contributed by atoms with van der Waals surface area (Å²) in [5.74, 6) is 0.278. The highest BCUT2D eigenvalue weighted by Crippen LogP contribution is 2.13. The fraction of sp³-hybridized carbons (Fsp3) is 0.474. The van der Waals surface area contributed by atoms with Crippen LogP contribution in [0.3, 0.4) is 0 Å². The summed E-state index contributed by atoms with van der Waals surface area (Å²) in [6, 6.07) is 7.15. The fourth-order valence-electron chi connectivity index (χ4n) is 2.70. The van der Waals surface area contributed by atoms with Crippen LogP contribution in [-0.2, 0) is 15.3 Å². The van der Waals surface area contributed by atoms with E-state index in [2.05, 4.69) is 15.3 Å². The number of carbonyl (C=O) groups is 2. The number of amides is 1. The van der Waals surface area contributed by atoms with Crippen molar-refractivity contribution in [2.75, 3.05) is 12.3 Å². The number of hydrogen-bond acceptors (Lipinski definition) is 5. The average molecular weight is 391 g/mol. The van der Waals surface area contributed by atoms with Gasteiger partial charge in [-0.3, -0.25) is 14.4 Å². The van der Waals surface area contributed by atoms with Crippen molar-refractivity contribution in [3.05, 3.63) is 40.4 Å². The highest BCUT2D eigenvalue weighted by molar-refractivity contribution is 7.98. The zero-order chi connectivity index (χ0) is 19.8. The number of carboxylic acid groups (broad SMARTS) is 1. The summed E-state index contributed by atoms with van der Waals surface area (Å²) in [7, 11) is 0. The molecule has 1 aromatic heterocycles. The van der Waals surface area contributed by atoms with Gasteiger partial charge in [-0.25, -0.2) is 4.98 Å². The zero-order valence-corrected chi connectivity index (χ0v) is 16.3. The van der Waals surface area contributed by atoms with Crippen LogP contribution in [0.1, 0.15) is 32.5 Å². The van der Waals surface area contributed by atoms with Crippen molar-refractivity contribution in [3.8, 4) is 0 Å². The largest absolute Gasteiger partial charge is 0.481 e. The van der Waals surface area contributed by atoms with E-state index in [1.807, 2.05) is 19.9 Å². The third kappa shape index (κ3) is 6.71. The molecule has 0 fully saturated rings. The summed E-state index contributed by atoms with van der Waals surface area (Å²) >= 11 is 1.49. The minimum Gasteiger partial charge on any atom is -0.481 e. The Morgan fingerprint density at radius 3 is 2.74 bits per heavy atom. The van der Waals surface area contributed by atoms with Crippen LogP contribution in [0.25, 0.3) is 10.9 Å². The lowest BCUT2D eigenvalue weighted by Gasteiger charge is -2.15. The van der Waals surface area contributed by atoms with Crippen molar-refractivity contribution in [2.45, 2.75) is 32.4 Å². The monoisotopic (exact) mass is 391 g/mol. The van der Waals surface area contributed by atoms with Gasteiger partial charge in [0.15, 0.2) is 0 Å². The lowest BCUT2D eigenvalue weighted by Crippen LogP contribution is -2.33. The van der Waals surface area contributed by atoms with Gasteiger partial charge >= 0.3 is 5.97 Å². The van der Waals surface area contributed by atoms with Crippen LogP contribution in [0.15, 0.2) is 29.1 Å². The highest BCUT2D eigenvalue weighted by atomic mass is 32.2. The molecule has 0 spiro atoms. The summed E-state index contributed by atoms with van der Waals surface area (Å²) in [4.78, 5) is 42.3. The van der Waals surface area contributed by atoms with Crippen molar-refractivity contribution >= 4 is 34.5 Å². The maximum Gasteiger partial charge on any atom is 0.308 e. The number of nitrogens with zero attached hydrogens (tertiary/aromatic N) is 1. The molecule has 0 bridgehead atoms. The third-order valence-electron chi connectivity index (χ3n) is 4.02.